The summed E-state index contributed by atoms with van der Waals surface area (Å²) in [5.41, 5.74) is 7.10. The second kappa shape index (κ2) is 5.93. The van der Waals surface area contributed by atoms with Crippen molar-refractivity contribution in [3.63, 3.8) is 0 Å². The molecule has 19 heavy (non-hydrogen) atoms. The molecule has 0 spiro atoms. The highest BCUT2D eigenvalue weighted by Crippen LogP contribution is 2.29. The Kier molecular flexibility index (Phi) is 4.04. The van der Waals surface area contributed by atoms with Gasteiger partial charge in [0.2, 0.25) is 0 Å². The van der Waals surface area contributed by atoms with Gasteiger partial charge in [-0.1, -0.05) is 12.1 Å². The molecule has 1 saturated carbocycles. The van der Waals surface area contributed by atoms with E-state index in [2.05, 4.69) is 29.2 Å². The topological polar surface area (TPSA) is 38.5 Å². The van der Waals surface area contributed by atoms with Crippen molar-refractivity contribution in [3.8, 4) is 5.75 Å². The van der Waals surface area contributed by atoms with Crippen LogP contribution >= 0.6 is 0 Å². The lowest BCUT2D eigenvalue weighted by atomic mass is 10.1. The smallest absolute Gasteiger partial charge is 0.119 e. The predicted octanol–water partition coefficient (Wildman–Crippen LogP) is 2.26. The Morgan fingerprint density at radius 1 is 1.11 bits per heavy atom. The second-order valence-corrected chi connectivity index (χ2v) is 6.02. The molecule has 3 heteroatoms. The largest absolute Gasteiger partial charge is 0.493 e. The van der Waals surface area contributed by atoms with Crippen LogP contribution in [0.4, 0.5) is 0 Å². The molecule has 2 N–H and O–H groups in total. The van der Waals surface area contributed by atoms with Crippen LogP contribution in [-0.2, 0) is 6.54 Å². The number of hydrogen-bond acceptors (Lipinski definition) is 3. The van der Waals surface area contributed by atoms with E-state index in [1.54, 1.807) is 0 Å². The molecular weight excluding hydrogens is 236 g/mol. The predicted molar refractivity (Wildman–Crippen MR) is 77.1 cm³/mol. The fourth-order valence-corrected chi connectivity index (χ4v) is 2.70. The molecule has 1 saturated heterocycles. The molecule has 1 aromatic rings. The van der Waals surface area contributed by atoms with E-state index in [9.17, 15) is 0 Å². The molecule has 0 amide bonds. The second-order valence-electron chi connectivity index (χ2n) is 6.02. The van der Waals surface area contributed by atoms with Gasteiger partial charge >= 0.3 is 0 Å². The zero-order valence-corrected chi connectivity index (χ0v) is 11.6. The maximum atomic E-state index is 5.76. The van der Waals surface area contributed by atoms with Gasteiger partial charge in [0.1, 0.15) is 5.75 Å². The van der Waals surface area contributed by atoms with Crippen molar-refractivity contribution in [2.45, 2.75) is 25.8 Å². The summed E-state index contributed by atoms with van der Waals surface area (Å²) < 4.78 is 5.76. The monoisotopic (exact) mass is 260 g/mol. The van der Waals surface area contributed by atoms with Crippen molar-refractivity contribution in [3.05, 3.63) is 29.8 Å². The van der Waals surface area contributed by atoms with Crippen molar-refractivity contribution in [1.82, 2.24) is 4.90 Å². The lowest BCUT2D eigenvalue weighted by Crippen LogP contribution is -2.22. The molecule has 0 bridgehead atoms. The van der Waals surface area contributed by atoms with Crippen LogP contribution in [0.1, 0.15) is 24.8 Å². The van der Waals surface area contributed by atoms with Crippen molar-refractivity contribution in [1.29, 1.82) is 0 Å². The normalized spacial score (nSPS) is 23.7. The molecular formula is C16H24N2O. The SMILES string of the molecule is NCC1CCN(Cc2ccc(OCC3CC3)cc2)C1. The summed E-state index contributed by atoms with van der Waals surface area (Å²) in [6, 6.07) is 8.60. The highest BCUT2D eigenvalue weighted by Gasteiger charge is 2.22. The summed E-state index contributed by atoms with van der Waals surface area (Å²) in [7, 11) is 0. The van der Waals surface area contributed by atoms with E-state index in [0.29, 0.717) is 5.92 Å². The number of nitrogens with zero attached hydrogens (tertiary/aromatic N) is 1. The van der Waals surface area contributed by atoms with Crippen LogP contribution < -0.4 is 10.5 Å². The Morgan fingerprint density at radius 2 is 1.89 bits per heavy atom. The van der Waals surface area contributed by atoms with Crippen LogP contribution in [0.5, 0.6) is 5.75 Å². The van der Waals surface area contributed by atoms with Crippen molar-refractivity contribution >= 4 is 0 Å². The average Bonchev–Trinajstić information content (AvgIpc) is 3.17. The standard InChI is InChI=1S/C16H24N2O/c17-9-15-7-8-18(11-15)10-13-3-5-16(6-4-13)19-12-14-1-2-14/h3-6,14-15H,1-2,7-12,17H2. The van der Waals surface area contributed by atoms with E-state index in [1.807, 2.05) is 0 Å². The van der Waals surface area contributed by atoms with Crippen molar-refractivity contribution in [2.24, 2.45) is 17.6 Å². The van der Waals surface area contributed by atoms with Gasteiger partial charge in [-0.3, -0.25) is 4.90 Å². The van der Waals surface area contributed by atoms with E-state index in [1.165, 1.54) is 31.4 Å². The highest BCUT2D eigenvalue weighted by atomic mass is 16.5. The van der Waals surface area contributed by atoms with Crippen LogP contribution in [0.2, 0.25) is 0 Å². The Bertz CT molecular complexity index is 400. The molecule has 3 rings (SSSR count). The Hall–Kier alpha value is -1.06. The minimum Gasteiger partial charge on any atom is -0.493 e. The quantitative estimate of drug-likeness (QED) is 0.852. The third kappa shape index (κ3) is 3.71. The van der Waals surface area contributed by atoms with E-state index in [-0.39, 0.29) is 0 Å². The minimum absolute atomic E-state index is 0.696. The summed E-state index contributed by atoms with van der Waals surface area (Å²) >= 11 is 0. The first-order valence-corrected chi connectivity index (χ1v) is 7.47. The molecule has 1 atom stereocenters. The molecule has 0 radical (unpaired) electrons. The molecule has 1 heterocycles. The third-order valence-corrected chi connectivity index (χ3v) is 4.22. The lowest BCUT2D eigenvalue weighted by Gasteiger charge is -2.16. The lowest BCUT2D eigenvalue weighted by molar-refractivity contribution is 0.298. The van der Waals surface area contributed by atoms with E-state index in [4.69, 9.17) is 10.5 Å². The van der Waals surface area contributed by atoms with E-state index in [0.717, 1.165) is 37.9 Å². The summed E-state index contributed by atoms with van der Waals surface area (Å²) in [6.07, 6.45) is 3.93. The number of rotatable bonds is 6. The molecule has 1 aliphatic carbocycles. The van der Waals surface area contributed by atoms with Crippen molar-refractivity contribution in [2.75, 3.05) is 26.2 Å². The Morgan fingerprint density at radius 3 is 2.53 bits per heavy atom. The molecule has 0 aromatic heterocycles. The first-order valence-electron chi connectivity index (χ1n) is 7.47. The number of hydrogen-bond donors (Lipinski definition) is 1. The maximum Gasteiger partial charge on any atom is 0.119 e. The zero-order valence-electron chi connectivity index (χ0n) is 11.6. The van der Waals surface area contributed by atoms with Gasteiger partial charge in [0.05, 0.1) is 6.61 Å². The van der Waals surface area contributed by atoms with Crippen LogP contribution in [0.3, 0.4) is 0 Å². The number of nitrogens with two attached hydrogens (primary N) is 1. The molecule has 1 aliphatic heterocycles. The average molecular weight is 260 g/mol. The summed E-state index contributed by atoms with van der Waals surface area (Å²) in [5, 5.41) is 0. The maximum absolute atomic E-state index is 5.76. The fourth-order valence-electron chi connectivity index (χ4n) is 2.70. The molecule has 1 aromatic carbocycles. The van der Waals surface area contributed by atoms with Gasteiger partial charge in [-0.15, -0.1) is 0 Å². The van der Waals surface area contributed by atoms with Gasteiger partial charge in [-0.05, 0) is 61.9 Å². The molecule has 2 aliphatic rings. The van der Waals surface area contributed by atoms with Crippen LogP contribution in [0, 0.1) is 11.8 Å². The molecule has 3 nitrogen and oxygen atoms in total. The first kappa shape index (κ1) is 12.9. The van der Waals surface area contributed by atoms with Gasteiger partial charge in [-0.25, -0.2) is 0 Å². The van der Waals surface area contributed by atoms with E-state index < -0.39 is 0 Å². The summed E-state index contributed by atoms with van der Waals surface area (Å²) in [4.78, 5) is 2.50. The van der Waals surface area contributed by atoms with Gasteiger partial charge in [0.25, 0.3) is 0 Å². The van der Waals surface area contributed by atoms with Crippen molar-refractivity contribution < 1.29 is 4.74 Å². The van der Waals surface area contributed by atoms with Gasteiger partial charge in [0, 0.05) is 13.1 Å². The zero-order chi connectivity index (χ0) is 13.1. The Labute approximate surface area is 115 Å². The van der Waals surface area contributed by atoms with Crippen LogP contribution in [0.25, 0.3) is 0 Å². The molecule has 104 valence electrons. The molecule has 2 fully saturated rings. The third-order valence-electron chi connectivity index (χ3n) is 4.22. The Balaban J connectivity index is 1.48. The minimum atomic E-state index is 0.696. The highest BCUT2D eigenvalue weighted by molar-refractivity contribution is 5.27. The number of likely N-dealkylation sites (tertiary alicyclic amines) is 1. The first-order chi connectivity index (χ1) is 9.33. The van der Waals surface area contributed by atoms with Gasteiger partial charge < -0.3 is 10.5 Å². The van der Waals surface area contributed by atoms with Crippen LogP contribution in [0.15, 0.2) is 24.3 Å². The fraction of sp³-hybridized carbons (Fsp3) is 0.625. The summed E-state index contributed by atoms with van der Waals surface area (Å²) in [6.45, 7) is 5.09. The van der Waals surface area contributed by atoms with Gasteiger partial charge in [0.15, 0.2) is 0 Å². The van der Waals surface area contributed by atoms with Crippen LogP contribution in [-0.4, -0.2) is 31.1 Å². The van der Waals surface area contributed by atoms with E-state index >= 15 is 0 Å². The molecule has 1 unspecified atom stereocenters. The number of ether oxygens (including phenoxy) is 1. The summed E-state index contributed by atoms with van der Waals surface area (Å²) in [5.74, 6) is 2.52. The van der Waals surface area contributed by atoms with Gasteiger partial charge in [-0.2, -0.15) is 0 Å². The number of benzene rings is 1.